The molecule has 1 fully saturated rings. The lowest BCUT2D eigenvalue weighted by atomic mass is 9.92. The third kappa shape index (κ3) is 4.64. The molecule has 1 aromatic heterocycles. The van der Waals surface area contributed by atoms with Gasteiger partial charge in [-0.1, -0.05) is 0 Å². The number of carbonyl (C=O) groups is 1. The summed E-state index contributed by atoms with van der Waals surface area (Å²) in [6, 6.07) is 8.31. The van der Waals surface area contributed by atoms with Gasteiger partial charge in [-0.2, -0.15) is 9.78 Å². The van der Waals surface area contributed by atoms with Crippen LogP contribution >= 0.6 is 12.4 Å². The summed E-state index contributed by atoms with van der Waals surface area (Å²) < 4.78 is 14.1. The first-order valence-corrected chi connectivity index (χ1v) is 7.96. The van der Waals surface area contributed by atoms with Crippen molar-refractivity contribution >= 4 is 18.3 Å². The van der Waals surface area contributed by atoms with Gasteiger partial charge in [0.15, 0.2) is 0 Å². The Morgan fingerprint density at radius 2 is 1.76 bits per heavy atom. The van der Waals surface area contributed by atoms with E-state index in [0.717, 1.165) is 30.4 Å². The van der Waals surface area contributed by atoms with Crippen molar-refractivity contribution < 1.29 is 9.18 Å². The number of hydrogen-bond donors (Lipinski definition) is 2. The van der Waals surface area contributed by atoms with Crippen LogP contribution in [0.1, 0.15) is 36.2 Å². The van der Waals surface area contributed by atoms with E-state index in [2.05, 4.69) is 10.4 Å². The second kappa shape index (κ2) is 8.22. The molecule has 1 aromatic carbocycles. The smallest absolute Gasteiger partial charge is 0.271 e. The van der Waals surface area contributed by atoms with Gasteiger partial charge in [-0.05, 0) is 56.0 Å². The highest BCUT2D eigenvalue weighted by Crippen LogP contribution is 2.17. The molecule has 1 aliphatic rings. The maximum absolute atomic E-state index is 13.0. The molecule has 0 spiro atoms. The van der Waals surface area contributed by atoms with Gasteiger partial charge in [0.1, 0.15) is 11.5 Å². The number of aromatic nitrogens is 2. The Bertz CT molecular complexity index is 786. The van der Waals surface area contributed by atoms with Gasteiger partial charge in [0.25, 0.3) is 11.5 Å². The Morgan fingerprint density at radius 3 is 2.40 bits per heavy atom. The fraction of sp³-hybridized carbons (Fsp3) is 0.353. The Balaban J connectivity index is 0.00000225. The van der Waals surface area contributed by atoms with Crippen molar-refractivity contribution in [2.45, 2.75) is 37.8 Å². The number of nitrogens with zero attached hydrogens (tertiary/aromatic N) is 2. The summed E-state index contributed by atoms with van der Waals surface area (Å²) in [5.74, 6) is -0.734. The van der Waals surface area contributed by atoms with Crippen LogP contribution in [0.4, 0.5) is 4.39 Å². The fourth-order valence-corrected chi connectivity index (χ4v) is 2.82. The van der Waals surface area contributed by atoms with Crippen molar-refractivity contribution in [1.29, 1.82) is 0 Å². The molecule has 1 saturated carbocycles. The van der Waals surface area contributed by atoms with Gasteiger partial charge in [0.2, 0.25) is 0 Å². The number of hydrogen-bond acceptors (Lipinski definition) is 4. The molecular formula is C17H20ClFN4O2. The van der Waals surface area contributed by atoms with Crippen molar-refractivity contribution in [3.63, 3.8) is 0 Å². The van der Waals surface area contributed by atoms with E-state index in [0.29, 0.717) is 5.69 Å². The van der Waals surface area contributed by atoms with Gasteiger partial charge in [-0.3, -0.25) is 9.59 Å². The third-order valence-corrected chi connectivity index (χ3v) is 4.21. The third-order valence-electron chi connectivity index (χ3n) is 4.21. The first-order chi connectivity index (χ1) is 11.5. The number of rotatable bonds is 3. The largest absolute Gasteiger partial charge is 0.348 e. The molecule has 0 unspecified atom stereocenters. The number of benzene rings is 1. The summed E-state index contributed by atoms with van der Waals surface area (Å²) in [6.07, 6.45) is 3.44. The zero-order chi connectivity index (χ0) is 17.1. The minimum absolute atomic E-state index is 0. The SMILES string of the molecule is Cl.NC1CCC(NC(=O)c2ccc(=O)n(-c3ccc(F)cc3)n2)CC1. The topological polar surface area (TPSA) is 90.0 Å². The molecule has 1 heterocycles. The number of nitrogens with one attached hydrogen (secondary N) is 1. The number of nitrogens with two attached hydrogens (primary N) is 1. The molecular weight excluding hydrogens is 347 g/mol. The zero-order valence-electron chi connectivity index (χ0n) is 13.5. The summed E-state index contributed by atoms with van der Waals surface area (Å²) in [7, 11) is 0. The van der Waals surface area contributed by atoms with E-state index in [-0.39, 0.29) is 41.7 Å². The lowest BCUT2D eigenvalue weighted by Gasteiger charge is -2.26. The molecule has 0 radical (unpaired) electrons. The predicted molar refractivity (Wildman–Crippen MR) is 94.7 cm³/mol. The molecule has 25 heavy (non-hydrogen) atoms. The first kappa shape index (κ1) is 19.1. The molecule has 6 nitrogen and oxygen atoms in total. The molecule has 8 heteroatoms. The minimum Gasteiger partial charge on any atom is -0.348 e. The standard InChI is InChI=1S/C17H19FN4O2.ClH/c18-11-1-7-14(8-2-11)22-16(23)10-9-15(21-22)17(24)20-13-5-3-12(19)4-6-13;/h1-2,7-10,12-13H,3-6,19H2,(H,20,24);1H. The van der Waals surface area contributed by atoms with Gasteiger partial charge in [-0.25, -0.2) is 4.39 Å². The molecule has 134 valence electrons. The van der Waals surface area contributed by atoms with Crippen LogP contribution in [0.2, 0.25) is 0 Å². The quantitative estimate of drug-likeness (QED) is 0.866. The molecule has 0 saturated heterocycles. The van der Waals surface area contributed by atoms with Gasteiger partial charge in [-0.15, -0.1) is 12.4 Å². The number of amides is 1. The van der Waals surface area contributed by atoms with Crippen LogP contribution in [0.25, 0.3) is 5.69 Å². The molecule has 2 aromatic rings. The molecule has 0 atom stereocenters. The predicted octanol–water partition coefficient (Wildman–Crippen LogP) is 1.79. The Labute approximate surface area is 150 Å². The first-order valence-electron chi connectivity index (χ1n) is 7.96. The van der Waals surface area contributed by atoms with Crippen LogP contribution < -0.4 is 16.6 Å². The van der Waals surface area contributed by atoms with Crippen molar-refractivity contribution in [3.8, 4) is 5.69 Å². The highest BCUT2D eigenvalue weighted by Gasteiger charge is 2.21. The van der Waals surface area contributed by atoms with E-state index in [1.54, 1.807) is 0 Å². The lowest BCUT2D eigenvalue weighted by molar-refractivity contribution is 0.0919. The molecule has 1 aliphatic carbocycles. The van der Waals surface area contributed by atoms with Crippen LogP contribution in [0.3, 0.4) is 0 Å². The van der Waals surface area contributed by atoms with E-state index in [1.807, 2.05) is 0 Å². The molecule has 0 aliphatic heterocycles. The summed E-state index contributed by atoms with van der Waals surface area (Å²) in [6.45, 7) is 0. The second-order valence-corrected chi connectivity index (χ2v) is 6.03. The maximum Gasteiger partial charge on any atom is 0.271 e. The Hall–Kier alpha value is -2.25. The average Bonchev–Trinajstić information content (AvgIpc) is 2.58. The van der Waals surface area contributed by atoms with E-state index < -0.39 is 5.82 Å². The van der Waals surface area contributed by atoms with Crippen LogP contribution in [0, 0.1) is 5.82 Å². The second-order valence-electron chi connectivity index (χ2n) is 6.03. The Morgan fingerprint density at radius 1 is 1.12 bits per heavy atom. The van der Waals surface area contributed by atoms with Crippen molar-refractivity contribution in [2.24, 2.45) is 5.73 Å². The maximum atomic E-state index is 13.0. The Kier molecular flexibility index (Phi) is 6.27. The van der Waals surface area contributed by atoms with Gasteiger partial charge >= 0.3 is 0 Å². The summed E-state index contributed by atoms with van der Waals surface area (Å²) in [4.78, 5) is 24.3. The highest BCUT2D eigenvalue weighted by molar-refractivity contribution is 5.92. The average molecular weight is 367 g/mol. The van der Waals surface area contributed by atoms with Gasteiger partial charge < -0.3 is 11.1 Å². The summed E-state index contributed by atoms with van der Waals surface area (Å²) in [5, 5.41) is 7.03. The number of halogens is 2. The van der Waals surface area contributed by atoms with Crippen LogP contribution in [-0.4, -0.2) is 27.8 Å². The minimum atomic E-state index is -0.406. The van der Waals surface area contributed by atoms with E-state index in [4.69, 9.17) is 5.73 Å². The summed E-state index contributed by atoms with van der Waals surface area (Å²) in [5.41, 5.74) is 6.02. The molecule has 1 amide bonds. The molecule has 3 rings (SSSR count). The molecule has 0 bridgehead atoms. The highest BCUT2D eigenvalue weighted by atomic mass is 35.5. The van der Waals surface area contributed by atoms with E-state index in [1.165, 1.54) is 36.4 Å². The summed E-state index contributed by atoms with van der Waals surface area (Å²) >= 11 is 0. The van der Waals surface area contributed by atoms with E-state index >= 15 is 0 Å². The van der Waals surface area contributed by atoms with Gasteiger partial charge in [0, 0.05) is 18.2 Å². The van der Waals surface area contributed by atoms with E-state index in [9.17, 15) is 14.0 Å². The number of carbonyl (C=O) groups excluding carboxylic acids is 1. The fourth-order valence-electron chi connectivity index (χ4n) is 2.82. The monoisotopic (exact) mass is 366 g/mol. The van der Waals surface area contributed by atoms with Crippen molar-refractivity contribution in [3.05, 3.63) is 58.3 Å². The van der Waals surface area contributed by atoms with Gasteiger partial charge in [0.05, 0.1) is 5.69 Å². The molecule has 3 N–H and O–H groups in total. The van der Waals surface area contributed by atoms with Crippen LogP contribution in [0.5, 0.6) is 0 Å². The van der Waals surface area contributed by atoms with Crippen LogP contribution in [0.15, 0.2) is 41.2 Å². The zero-order valence-corrected chi connectivity index (χ0v) is 14.3. The normalized spacial score (nSPS) is 19.8. The lowest BCUT2D eigenvalue weighted by Crippen LogP contribution is -2.41. The van der Waals surface area contributed by atoms with Crippen molar-refractivity contribution in [2.75, 3.05) is 0 Å². The van der Waals surface area contributed by atoms with Crippen LogP contribution in [-0.2, 0) is 0 Å². The van der Waals surface area contributed by atoms with Crippen molar-refractivity contribution in [1.82, 2.24) is 15.1 Å².